The summed E-state index contributed by atoms with van der Waals surface area (Å²) in [6.45, 7) is 0.616. The predicted molar refractivity (Wildman–Crippen MR) is 103 cm³/mol. The molecular formula is C20H20BrN3O2. The molecule has 6 heteroatoms. The summed E-state index contributed by atoms with van der Waals surface area (Å²) in [5.41, 5.74) is 1.29. The highest BCUT2D eigenvalue weighted by Crippen LogP contribution is 2.42. The Bertz CT molecular complexity index is 904. The number of hydrogen-bond acceptors (Lipinski definition) is 3. The van der Waals surface area contributed by atoms with E-state index in [2.05, 4.69) is 38.5 Å². The minimum Gasteiger partial charge on any atom is -0.354 e. The zero-order valence-electron chi connectivity index (χ0n) is 14.3. The van der Waals surface area contributed by atoms with E-state index in [4.69, 9.17) is 0 Å². The molecule has 5 nitrogen and oxygen atoms in total. The van der Waals surface area contributed by atoms with E-state index in [1.54, 1.807) is 6.07 Å². The van der Waals surface area contributed by atoms with Crippen molar-refractivity contribution in [3.05, 3.63) is 63.4 Å². The second kappa shape index (κ2) is 7.19. The number of fused-ring (bicyclic) bond motifs is 2. The third-order valence-corrected chi connectivity index (χ3v) is 5.81. The average Bonchev–Trinajstić information content (AvgIpc) is 3.26. The Morgan fingerprint density at radius 1 is 1.15 bits per heavy atom. The van der Waals surface area contributed by atoms with E-state index in [0.29, 0.717) is 30.0 Å². The van der Waals surface area contributed by atoms with Gasteiger partial charge in [-0.1, -0.05) is 40.2 Å². The van der Waals surface area contributed by atoms with Crippen molar-refractivity contribution >= 4 is 21.8 Å². The molecule has 1 heterocycles. The van der Waals surface area contributed by atoms with Gasteiger partial charge in [0.05, 0.1) is 5.69 Å². The molecule has 0 spiro atoms. The molecule has 2 aliphatic rings. The summed E-state index contributed by atoms with van der Waals surface area (Å²) >= 11 is 3.40. The molecule has 134 valence electrons. The Hall–Kier alpha value is -2.21. The molecule has 4 rings (SSSR count). The topological polar surface area (TPSA) is 64.0 Å². The van der Waals surface area contributed by atoms with Gasteiger partial charge >= 0.3 is 0 Å². The molecule has 0 aliphatic heterocycles. The quantitative estimate of drug-likeness (QED) is 0.766. The van der Waals surface area contributed by atoms with Crippen LogP contribution in [0.2, 0.25) is 0 Å². The number of carbonyl (C=O) groups is 1. The molecule has 0 unspecified atom stereocenters. The van der Waals surface area contributed by atoms with Gasteiger partial charge in [0.25, 0.3) is 5.56 Å². The smallest absolute Gasteiger partial charge is 0.267 e. The van der Waals surface area contributed by atoms with Crippen molar-refractivity contribution in [1.29, 1.82) is 0 Å². The van der Waals surface area contributed by atoms with Crippen LogP contribution in [0, 0.1) is 17.8 Å². The van der Waals surface area contributed by atoms with Gasteiger partial charge in [0, 0.05) is 22.6 Å². The fourth-order valence-corrected chi connectivity index (χ4v) is 4.17. The molecule has 0 radical (unpaired) electrons. The normalized spacial score (nSPS) is 23.3. The minimum atomic E-state index is -0.274. The first kappa shape index (κ1) is 17.2. The van der Waals surface area contributed by atoms with Gasteiger partial charge in [-0.25, -0.2) is 4.68 Å². The van der Waals surface area contributed by atoms with Crippen LogP contribution in [0.15, 0.2) is 57.8 Å². The maximum absolute atomic E-state index is 12.3. The van der Waals surface area contributed by atoms with E-state index in [1.165, 1.54) is 17.2 Å². The molecular weight excluding hydrogens is 394 g/mol. The van der Waals surface area contributed by atoms with Crippen LogP contribution >= 0.6 is 15.9 Å². The number of allylic oxidation sites excluding steroid dienone is 2. The summed E-state index contributed by atoms with van der Waals surface area (Å²) in [6.07, 6.45) is 6.94. The molecule has 1 fully saturated rings. The number of nitrogens with zero attached hydrogens (tertiary/aromatic N) is 2. The molecule has 0 saturated heterocycles. The maximum atomic E-state index is 12.3. The van der Waals surface area contributed by atoms with Crippen LogP contribution < -0.4 is 10.9 Å². The largest absolute Gasteiger partial charge is 0.354 e. The fraction of sp³-hybridized carbons (Fsp3) is 0.350. The first-order valence-electron chi connectivity index (χ1n) is 8.87. The van der Waals surface area contributed by atoms with Crippen LogP contribution in [0.1, 0.15) is 12.8 Å². The number of hydrogen-bond donors (Lipinski definition) is 1. The van der Waals surface area contributed by atoms with Crippen LogP contribution in [0.25, 0.3) is 11.3 Å². The van der Waals surface area contributed by atoms with Crippen molar-refractivity contribution in [2.75, 3.05) is 6.54 Å². The van der Waals surface area contributed by atoms with Crippen LogP contribution in [0.4, 0.5) is 0 Å². The number of rotatable bonds is 5. The molecule has 1 aromatic carbocycles. The molecule has 2 aromatic rings. The van der Waals surface area contributed by atoms with E-state index in [1.807, 2.05) is 24.3 Å². The second-order valence-corrected chi connectivity index (χ2v) is 7.98. The van der Waals surface area contributed by atoms with Crippen LogP contribution in [-0.2, 0) is 11.3 Å². The Morgan fingerprint density at radius 2 is 1.96 bits per heavy atom. The molecule has 1 amide bonds. The van der Waals surface area contributed by atoms with Crippen molar-refractivity contribution in [1.82, 2.24) is 15.1 Å². The number of carbonyl (C=O) groups excluding carboxylic acids is 1. The molecule has 1 saturated carbocycles. The Kier molecular flexibility index (Phi) is 4.76. The van der Waals surface area contributed by atoms with Gasteiger partial charge in [-0.05, 0) is 48.8 Å². The molecule has 2 aliphatic carbocycles. The van der Waals surface area contributed by atoms with Gasteiger partial charge in [0.2, 0.25) is 5.91 Å². The zero-order valence-corrected chi connectivity index (χ0v) is 15.9. The van der Waals surface area contributed by atoms with Crippen LogP contribution in [0.3, 0.4) is 0 Å². The van der Waals surface area contributed by atoms with E-state index in [0.717, 1.165) is 16.5 Å². The van der Waals surface area contributed by atoms with Crippen molar-refractivity contribution in [2.24, 2.45) is 17.8 Å². The molecule has 26 heavy (non-hydrogen) atoms. The predicted octanol–water partition coefficient (Wildman–Crippen LogP) is 3.00. The summed E-state index contributed by atoms with van der Waals surface area (Å²) in [5, 5.41) is 7.32. The van der Waals surface area contributed by atoms with Crippen LogP contribution in [-0.4, -0.2) is 22.2 Å². The minimum absolute atomic E-state index is 0.0557. The summed E-state index contributed by atoms with van der Waals surface area (Å²) in [5.74, 6) is 1.64. The monoisotopic (exact) mass is 413 g/mol. The summed E-state index contributed by atoms with van der Waals surface area (Å²) < 4.78 is 2.21. The highest BCUT2D eigenvalue weighted by Gasteiger charge is 2.35. The van der Waals surface area contributed by atoms with Crippen molar-refractivity contribution in [3.8, 4) is 11.3 Å². The lowest BCUT2D eigenvalue weighted by Crippen LogP contribution is -2.36. The lowest BCUT2D eigenvalue weighted by atomic mass is 9.94. The van der Waals surface area contributed by atoms with Crippen molar-refractivity contribution in [2.45, 2.75) is 19.4 Å². The summed E-state index contributed by atoms with van der Waals surface area (Å²) in [4.78, 5) is 24.3. The molecule has 2 bridgehead atoms. The molecule has 1 N–H and O–H groups in total. The van der Waals surface area contributed by atoms with Gasteiger partial charge in [-0.15, -0.1) is 0 Å². The van der Waals surface area contributed by atoms with Crippen LogP contribution in [0.5, 0.6) is 0 Å². The first-order chi connectivity index (χ1) is 12.6. The Balaban J connectivity index is 1.41. The van der Waals surface area contributed by atoms with Crippen molar-refractivity contribution in [3.63, 3.8) is 0 Å². The number of halogens is 1. The lowest BCUT2D eigenvalue weighted by Gasteiger charge is -2.18. The van der Waals surface area contributed by atoms with Gasteiger partial charge in [0.15, 0.2) is 0 Å². The highest BCUT2D eigenvalue weighted by atomic mass is 79.9. The van der Waals surface area contributed by atoms with Gasteiger partial charge in [-0.2, -0.15) is 5.10 Å². The molecule has 3 atom stereocenters. The maximum Gasteiger partial charge on any atom is 0.267 e. The fourth-order valence-electron chi connectivity index (χ4n) is 3.90. The van der Waals surface area contributed by atoms with E-state index in [9.17, 15) is 9.59 Å². The third-order valence-electron chi connectivity index (χ3n) is 5.28. The SMILES string of the molecule is O=C(Cn1nc(-c2ccc(Br)cc2)ccc1=O)NC[C@H]1C[C@@H]2C=C[C@H]1C2. The zero-order chi connectivity index (χ0) is 18.1. The number of aromatic nitrogens is 2. The summed E-state index contributed by atoms with van der Waals surface area (Å²) in [6, 6.07) is 10.8. The van der Waals surface area contributed by atoms with E-state index in [-0.39, 0.29) is 18.0 Å². The average molecular weight is 414 g/mol. The number of benzene rings is 1. The molecule has 1 aromatic heterocycles. The van der Waals surface area contributed by atoms with Gasteiger partial charge in [0.1, 0.15) is 6.54 Å². The van der Waals surface area contributed by atoms with Gasteiger partial charge < -0.3 is 5.32 Å². The lowest BCUT2D eigenvalue weighted by molar-refractivity contribution is -0.122. The first-order valence-corrected chi connectivity index (χ1v) is 9.67. The van der Waals surface area contributed by atoms with E-state index < -0.39 is 0 Å². The Labute approximate surface area is 160 Å². The summed E-state index contributed by atoms with van der Waals surface area (Å²) in [7, 11) is 0. The van der Waals surface area contributed by atoms with Crippen molar-refractivity contribution < 1.29 is 4.79 Å². The Morgan fingerprint density at radius 3 is 2.65 bits per heavy atom. The standard InChI is InChI=1S/C20H20BrN3O2/c21-17-5-3-14(4-6-17)18-7-8-20(26)24(23-18)12-19(25)22-11-16-10-13-1-2-15(16)9-13/h1-8,13,15-16H,9-12H2,(H,22,25)/t13-,15+,16-/m1/s1. The highest BCUT2D eigenvalue weighted by molar-refractivity contribution is 9.10. The number of nitrogens with one attached hydrogen (secondary N) is 1. The number of amides is 1. The second-order valence-electron chi connectivity index (χ2n) is 7.07. The van der Waals surface area contributed by atoms with Gasteiger partial charge in [-0.3, -0.25) is 9.59 Å². The van der Waals surface area contributed by atoms with E-state index >= 15 is 0 Å². The third kappa shape index (κ3) is 3.65.